The van der Waals surface area contributed by atoms with Crippen LogP contribution in [0.4, 0.5) is 11.4 Å². The molecule has 0 atom stereocenters. The van der Waals surface area contributed by atoms with Gasteiger partial charge in [-0.25, -0.2) is 0 Å². The topological polar surface area (TPSA) is 95.7 Å². The number of nitro groups is 1. The maximum absolute atomic E-state index is 12.5. The number of hydrogen-bond donors (Lipinski definition) is 2. The number of anilines is 1. The predicted octanol–water partition coefficient (Wildman–Crippen LogP) is 3.57. The van der Waals surface area contributed by atoms with E-state index in [2.05, 4.69) is 5.32 Å². The van der Waals surface area contributed by atoms with Gasteiger partial charge in [0.15, 0.2) is 0 Å². The third-order valence-corrected chi connectivity index (χ3v) is 4.96. The highest BCUT2D eigenvalue weighted by atomic mass is 32.2. The Hall–Kier alpha value is -2.91. The van der Waals surface area contributed by atoms with E-state index in [1.807, 2.05) is 0 Å². The highest BCUT2D eigenvalue weighted by Crippen LogP contribution is 2.32. The molecule has 0 spiro atoms. The Labute approximate surface area is 158 Å². The lowest BCUT2D eigenvalue weighted by molar-refractivity contribution is -0.384. The van der Waals surface area contributed by atoms with Crippen LogP contribution < -0.4 is 5.32 Å². The summed E-state index contributed by atoms with van der Waals surface area (Å²) in [7, 11) is 0. The second-order valence-electron chi connectivity index (χ2n) is 5.34. The molecule has 2 aromatic carbocycles. The van der Waals surface area contributed by atoms with Crippen LogP contribution in [-0.2, 0) is 4.79 Å². The molecule has 1 fully saturated rings. The third-order valence-electron chi connectivity index (χ3n) is 3.58. The van der Waals surface area contributed by atoms with Crippen molar-refractivity contribution in [3.05, 3.63) is 69.1 Å². The van der Waals surface area contributed by atoms with Crippen LogP contribution in [0.2, 0.25) is 0 Å². The van der Waals surface area contributed by atoms with Crippen LogP contribution in [0.3, 0.4) is 0 Å². The predicted molar refractivity (Wildman–Crippen MR) is 105 cm³/mol. The average Bonchev–Trinajstić information content (AvgIpc) is 2.89. The van der Waals surface area contributed by atoms with Crippen molar-refractivity contribution in [3.8, 4) is 5.75 Å². The van der Waals surface area contributed by atoms with Gasteiger partial charge in [-0.3, -0.25) is 19.8 Å². The summed E-state index contributed by atoms with van der Waals surface area (Å²) in [6.45, 7) is 0.162. The normalized spacial score (nSPS) is 15.5. The number of phenols is 1. The number of non-ortho nitro benzene ring substituents is 1. The lowest BCUT2D eigenvalue weighted by atomic mass is 10.2. The zero-order valence-corrected chi connectivity index (χ0v) is 14.9. The van der Waals surface area contributed by atoms with E-state index in [0.29, 0.717) is 14.9 Å². The Morgan fingerprint density at radius 3 is 2.46 bits per heavy atom. The Kier molecular flexibility index (Phi) is 5.19. The van der Waals surface area contributed by atoms with Crippen LogP contribution in [0.5, 0.6) is 5.75 Å². The minimum Gasteiger partial charge on any atom is -0.508 e. The van der Waals surface area contributed by atoms with Crippen molar-refractivity contribution in [2.45, 2.75) is 0 Å². The van der Waals surface area contributed by atoms with Crippen molar-refractivity contribution in [1.82, 2.24) is 4.90 Å². The molecule has 0 unspecified atom stereocenters. The van der Waals surface area contributed by atoms with Crippen molar-refractivity contribution in [2.24, 2.45) is 0 Å². The molecule has 9 heteroatoms. The molecule has 7 nitrogen and oxygen atoms in total. The van der Waals surface area contributed by atoms with Crippen LogP contribution in [0.15, 0.2) is 53.4 Å². The second kappa shape index (κ2) is 7.54. The Morgan fingerprint density at radius 1 is 1.19 bits per heavy atom. The SMILES string of the molecule is O=C1/C(=C/c2ccc(O)cc2)SC(=S)N1CNc1ccc([N+](=O)[O-])cc1. The molecule has 1 aliphatic heterocycles. The molecule has 1 saturated heterocycles. The molecule has 3 rings (SSSR count). The van der Waals surface area contributed by atoms with Gasteiger partial charge in [-0.1, -0.05) is 36.1 Å². The fraction of sp³-hybridized carbons (Fsp3) is 0.0588. The molecule has 0 aromatic heterocycles. The minimum atomic E-state index is -0.472. The number of nitro benzene ring substituents is 1. The first-order valence-electron chi connectivity index (χ1n) is 7.47. The molecule has 0 radical (unpaired) electrons. The quantitative estimate of drug-likeness (QED) is 0.350. The van der Waals surface area contributed by atoms with Gasteiger partial charge in [0.05, 0.1) is 16.5 Å². The Balaban J connectivity index is 1.67. The highest BCUT2D eigenvalue weighted by molar-refractivity contribution is 8.26. The van der Waals surface area contributed by atoms with E-state index in [9.17, 15) is 20.0 Å². The van der Waals surface area contributed by atoms with Gasteiger partial charge in [-0.15, -0.1) is 0 Å². The summed E-state index contributed by atoms with van der Waals surface area (Å²) >= 11 is 6.46. The van der Waals surface area contributed by atoms with Crippen molar-refractivity contribution >= 4 is 51.7 Å². The number of benzene rings is 2. The first kappa shape index (κ1) is 17.9. The number of thioether (sulfide) groups is 1. The van der Waals surface area contributed by atoms with Crippen molar-refractivity contribution < 1.29 is 14.8 Å². The fourth-order valence-corrected chi connectivity index (χ4v) is 3.48. The third kappa shape index (κ3) is 4.01. The molecule has 0 aliphatic carbocycles. The van der Waals surface area contributed by atoms with E-state index in [-0.39, 0.29) is 24.0 Å². The van der Waals surface area contributed by atoms with Crippen LogP contribution in [0.1, 0.15) is 5.56 Å². The van der Waals surface area contributed by atoms with Gasteiger partial charge < -0.3 is 10.4 Å². The smallest absolute Gasteiger partial charge is 0.269 e. The average molecular weight is 387 g/mol. The Bertz CT molecular complexity index is 895. The zero-order valence-electron chi connectivity index (χ0n) is 13.3. The molecule has 1 heterocycles. The summed E-state index contributed by atoms with van der Waals surface area (Å²) < 4.78 is 0.425. The monoisotopic (exact) mass is 387 g/mol. The van der Waals surface area contributed by atoms with Gasteiger partial charge in [0.1, 0.15) is 10.1 Å². The molecule has 2 N–H and O–H groups in total. The van der Waals surface area contributed by atoms with Gasteiger partial charge in [-0.05, 0) is 35.9 Å². The van der Waals surface area contributed by atoms with Crippen molar-refractivity contribution in [3.63, 3.8) is 0 Å². The molecule has 0 saturated carbocycles. The molecule has 1 aliphatic rings. The van der Waals surface area contributed by atoms with E-state index >= 15 is 0 Å². The highest BCUT2D eigenvalue weighted by Gasteiger charge is 2.31. The number of nitrogens with one attached hydrogen (secondary N) is 1. The number of amides is 1. The van der Waals surface area contributed by atoms with E-state index in [1.165, 1.54) is 28.8 Å². The van der Waals surface area contributed by atoms with Crippen LogP contribution in [0.25, 0.3) is 6.08 Å². The van der Waals surface area contributed by atoms with Gasteiger partial charge in [0, 0.05) is 17.8 Å². The van der Waals surface area contributed by atoms with E-state index in [0.717, 1.165) is 5.56 Å². The van der Waals surface area contributed by atoms with Gasteiger partial charge in [0.2, 0.25) is 0 Å². The number of hydrogen-bond acceptors (Lipinski definition) is 7. The largest absolute Gasteiger partial charge is 0.508 e. The minimum absolute atomic E-state index is 0.00186. The number of nitrogens with zero attached hydrogens (tertiary/aromatic N) is 2. The maximum atomic E-state index is 12.5. The van der Waals surface area contributed by atoms with Gasteiger partial charge in [0.25, 0.3) is 11.6 Å². The number of phenolic OH excluding ortho intramolecular Hbond substituents is 1. The summed E-state index contributed by atoms with van der Waals surface area (Å²) in [4.78, 5) is 24.6. The number of aromatic hydroxyl groups is 1. The molecule has 0 bridgehead atoms. The maximum Gasteiger partial charge on any atom is 0.269 e. The lowest BCUT2D eigenvalue weighted by Gasteiger charge is -2.16. The first-order valence-corrected chi connectivity index (χ1v) is 8.69. The Morgan fingerprint density at radius 2 is 1.85 bits per heavy atom. The van der Waals surface area contributed by atoms with Crippen molar-refractivity contribution in [2.75, 3.05) is 12.0 Å². The van der Waals surface area contributed by atoms with E-state index in [1.54, 1.807) is 42.5 Å². The number of rotatable bonds is 5. The molecule has 26 heavy (non-hydrogen) atoms. The fourth-order valence-electron chi connectivity index (χ4n) is 2.23. The van der Waals surface area contributed by atoms with Gasteiger partial charge >= 0.3 is 0 Å². The van der Waals surface area contributed by atoms with Crippen LogP contribution >= 0.6 is 24.0 Å². The lowest BCUT2D eigenvalue weighted by Crippen LogP contribution is -2.33. The molecular formula is C17H13N3O4S2. The van der Waals surface area contributed by atoms with Crippen LogP contribution in [-0.4, -0.2) is 31.8 Å². The summed E-state index contributed by atoms with van der Waals surface area (Å²) in [5, 5.41) is 23.0. The summed E-state index contributed by atoms with van der Waals surface area (Å²) in [5.74, 6) is -0.0653. The molecular weight excluding hydrogens is 374 g/mol. The summed E-state index contributed by atoms with van der Waals surface area (Å²) in [6, 6.07) is 12.4. The standard InChI is InChI=1S/C17H13N3O4S2/c21-14-7-1-11(2-8-14)9-15-16(22)19(17(25)26-15)10-18-12-3-5-13(6-4-12)20(23)24/h1-9,18,21H,10H2/b15-9-. The number of carbonyl (C=O) groups excluding carboxylic acids is 1. The molecule has 2 aromatic rings. The van der Waals surface area contributed by atoms with E-state index < -0.39 is 4.92 Å². The number of carbonyl (C=O) groups is 1. The van der Waals surface area contributed by atoms with Gasteiger partial charge in [-0.2, -0.15) is 0 Å². The number of thiocarbonyl (C=S) groups is 1. The molecule has 1 amide bonds. The second-order valence-corrected chi connectivity index (χ2v) is 7.02. The van der Waals surface area contributed by atoms with Crippen LogP contribution in [0, 0.1) is 10.1 Å². The first-order chi connectivity index (χ1) is 12.4. The van der Waals surface area contributed by atoms with Crippen molar-refractivity contribution in [1.29, 1.82) is 0 Å². The molecule has 132 valence electrons. The van der Waals surface area contributed by atoms with E-state index in [4.69, 9.17) is 12.2 Å². The summed E-state index contributed by atoms with van der Waals surface area (Å²) in [6.07, 6.45) is 1.71. The summed E-state index contributed by atoms with van der Waals surface area (Å²) in [5.41, 5.74) is 1.43. The zero-order chi connectivity index (χ0) is 18.7.